The lowest BCUT2D eigenvalue weighted by Gasteiger charge is -2.27. The van der Waals surface area contributed by atoms with Crippen LogP contribution in [0.5, 0.6) is 5.75 Å². The van der Waals surface area contributed by atoms with Gasteiger partial charge >= 0.3 is 5.16 Å². The molecule has 0 spiro atoms. The van der Waals surface area contributed by atoms with Crippen LogP contribution < -0.4 is 9.99 Å². The second-order valence-corrected chi connectivity index (χ2v) is 13.4. The van der Waals surface area contributed by atoms with Crippen molar-refractivity contribution in [2.45, 2.75) is 57.5 Å². The Kier molecular flexibility index (Phi) is 8.85. The van der Waals surface area contributed by atoms with Crippen LogP contribution in [-0.4, -0.2) is 33.2 Å². The standard InChI is InChI=1S/C31H34BrN5O2S/c1-30(2,3)24-16-20(17-25(27(24)39)31(4,5)6)18-33-34-26(38)19-40-29-36-35-28(21-12-14-22(32)15-13-21)37(29)23-10-8-7-9-11-23/h7-18H,19H2,1-6H3,(H2,33,34,38,39)/p+1. The van der Waals surface area contributed by atoms with Crippen LogP contribution in [0.4, 0.5) is 0 Å². The van der Waals surface area contributed by atoms with E-state index < -0.39 is 0 Å². The number of aromatic hydroxyl groups is 1. The third kappa shape index (κ3) is 7.01. The molecule has 40 heavy (non-hydrogen) atoms. The van der Waals surface area contributed by atoms with Crippen molar-refractivity contribution < 1.29 is 14.5 Å². The van der Waals surface area contributed by atoms with Crippen molar-refractivity contribution in [3.8, 4) is 22.8 Å². The molecular formula is C31H35BrN5O2S+. The number of H-pyrrole nitrogens is 1. The number of aromatic nitrogens is 3. The third-order valence-electron chi connectivity index (χ3n) is 6.29. The van der Waals surface area contributed by atoms with E-state index in [2.05, 4.69) is 78.2 Å². The molecule has 208 valence electrons. The average Bonchev–Trinajstić information content (AvgIpc) is 3.32. The number of hydrogen-bond donors (Lipinski definition) is 3. The molecule has 0 unspecified atom stereocenters. The summed E-state index contributed by atoms with van der Waals surface area (Å²) in [6.07, 6.45) is 1.62. The van der Waals surface area contributed by atoms with Crippen LogP contribution in [0.15, 0.2) is 81.5 Å². The SMILES string of the molecule is CC(C)(C)c1cc(C=NNC(=O)CSc2n[nH]c(-c3ccc(Br)cc3)[n+]2-c2ccccc2)cc(C(C)(C)C)c1O. The first-order valence-electron chi connectivity index (χ1n) is 13.0. The van der Waals surface area contributed by atoms with Gasteiger partial charge in [-0.1, -0.05) is 75.7 Å². The Bertz CT molecular complexity index is 1480. The molecule has 9 heteroatoms. The number of nitrogens with one attached hydrogen (secondary N) is 2. The fraction of sp³-hybridized carbons (Fsp3) is 0.290. The monoisotopic (exact) mass is 620 g/mol. The summed E-state index contributed by atoms with van der Waals surface area (Å²) in [6, 6.07) is 21.7. The highest BCUT2D eigenvalue weighted by atomic mass is 79.9. The first-order chi connectivity index (χ1) is 18.8. The maximum atomic E-state index is 12.7. The molecule has 0 saturated heterocycles. The molecule has 0 atom stereocenters. The van der Waals surface area contributed by atoms with Gasteiger partial charge in [0.15, 0.2) is 0 Å². The predicted molar refractivity (Wildman–Crippen MR) is 165 cm³/mol. The molecule has 3 N–H and O–H groups in total. The number of para-hydroxylation sites is 1. The van der Waals surface area contributed by atoms with Gasteiger partial charge in [0, 0.05) is 15.6 Å². The van der Waals surface area contributed by atoms with Gasteiger partial charge in [0.2, 0.25) is 0 Å². The third-order valence-corrected chi connectivity index (χ3v) is 7.76. The van der Waals surface area contributed by atoms with E-state index in [0.29, 0.717) is 10.9 Å². The molecule has 4 rings (SSSR count). The lowest BCUT2D eigenvalue weighted by molar-refractivity contribution is -0.625. The topological polar surface area (TPSA) is 94.2 Å². The highest BCUT2D eigenvalue weighted by Crippen LogP contribution is 2.39. The predicted octanol–water partition coefficient (Wildman–Crippen LogP) is 6.66. The van der Waals surface area contributed by atoms with Crippen LogP contribution in [0.2, 0.25) is 0 Å². The normalized spacial score (nSPS) is 12.2. The van der Waals surface area contributed by atoms with Crippen LogP contribution in [0.25, 0.3) is 17.1 Å². The highest BCUT2D eigenvalue weighted by molar-refractivity contribution is 9.10. The molecule has 0 bridgehead atoms. The number of rotatable bonds is 7. The second kappa shape index (κ2) is 12.0. The molecule has 0 saturated carbocycles. The van der Waals surface area contributed by atoms with Gasteiger partial charge in [-0.05, 0) is 76.7 Å². The van der Waals surface area contributed by atoms with Crippen molar-refractivity contribution in [3.63, 3.8) is 0 Å². The molecule has 0 aliphatic carbocycles. The van der Waals surface area contributed by atoms with Crippen molar-refractivity contribution >= 4 is 39.8 Å². The molecule has 1 amide bonds. The van der Waals surface area contributed by atoms with Gasteiger partial charge < -0.3 is 5.11 Å². The van der Waals surface area contributed by atoms with Crippen molar-refractivity contribution in [1.29, 1.82) is 0 Å². The minimum Gasteiger partial charge on any atom is -0.507 e. The van der Waals surface area contributed by atoms with Crippen LogP contribution >= 0.6 is 27.7 Å². The molecule has 7 nitrogen and oxygen atoms in total. The molecule has 1 heterocycles. The van der Waals surface area contributed by atoms with Crippen LogP contribution in [-0.2, 0) is 15.6 Å². The molecule has 0 aliphatic heterocycles. The number of benzene rings is 3. The number of hydrazone groups is 1. The Morgan fingerprint density at radius 3 is 2.20 bits per heavy atom. The summed E-state index contributed by atoms with van der Waals surface area (Å²) < 4.78 is 2.99. The summed E-state index contributed by atoms with van der Waals surface area (Å²) in [5, 5.41) is 23.5. The van der Waals surface area contributed by atoms with Crippen molar-refractivity contribution in [2.24, 2.45) is 5.10 Å². The summed E-state index contributed by atoms with van der Waals surface area (Å²) in [5.41, 5.74) is 6.54. The molecule has 0 radical (unpaired) electrons. The first-order valence-corrected chi connectivity index (χ1v) is 14.8. The van der Waals surface area contributed by atoms with E-state index in [1.807, 2.05) is 71.3 Å². The largest absolute Gasteiger partial charge is 0.507 e. The Labute approximate surface area is 248 Å². The second-order valence-electron chi connectivity index (χ2n) is 11.6. The first kappa shape index (κ1) is 29.6. The van der Waals surface area contributed by atoms with E-state index in [1.165, 1.54) is 11.8 Å². The van der Waals surface area contributed by atoms with Gasteiger partial charge in [-0.3, -0.25) is 4.79 Å². The van der Waals surface area contributed by atoms with E-state index >= 15 is 0 Å². The minimum absolute atomic E-state index is 0.130. The zero-order chi connectivity index (χ0) is 29.1. The van der Waals surface area contributed by atoms with Crippen LogP contribution in [0.1, 0.15) is 58.2 Å². The fourth-order valence-corrected chi connectivity index (χ4v) is 5.25. The smallest absolute Gasteiger partial charge is 0.342 e. The summed E-state index contributed by atoms with van der Waals surface area (Å²) in [6.45, 7) is 12.4. The number of thioether (sulfide) groups is 1. The molecular weight excluding hydrogens is 586 g/mol. The summed E-state index contributed by atoms with van der Waals surface area (Å²) >= 11 is 4.81. The van der Waals surface area contributed by atoms with E-state index in [4.69, 9.17) is 0 Å². The summed E-state index contributed by atoms with van der Waals surface area (Å²) in [5.74, 6) is 1.01. The summed E-state index contributed by atoms with van der Waals surface area (Å²) in [4.78, 5) is 12.7. The number of amides is 1. The lowest BCUT2D eigenvalue weighted by Crippen LogP contribution is -2.34. The molecule has 4 aromatic rings. The Morgan fingerprint density at radius 1 is 1.02 bits per heavy atom. The lowest BCUT2D eigenvalue weighted by atomic mass is 9.78. The van der Waals surface area contributed by atoms with Gasteiger partial charge in [-0.15, -0.1) is 5.10 Å². The quantitative estimate of drug-likeness (QED) is 0.0932. The van der Waals surface area contributed by atoms with Crippen molar-refractivity contribution in [3.05, 3.63) is 87.9 Å². The van der Waals surface area contributed by atoms with E-state index in [1.54, 1.807) is 6.21 Å². The van der Waals surface area contributed by atoms with Gasteiger partial charge in [0.05, 0.1) is 22.6 Å². The molecule has 0 fully saturated rings. The minimum atomic E-state index is -0.250. The number of aromatic amines is 1. The van der Waals surface area contributed by atoms with Gasteiger partial charge in [0.1, 0.15) is 11.4 Å². The number of phenolic OH excluding ortho intramolecular Hbond substituents is 1. The fourth-order valence-electron chi connectivity index (χ4n) is 4.23. The van der Waals surface area contributed by atoms with E-state index in [-0.39, 0.29) is 22.5 Å². The zero-order valence-electron chi connectivity index (χ0n) is 23.6. The molecule has 0 aliphatic rings. The Hall–Kier alpha value is -3.43. The zero-order valence-corrected chi connectivity index (χ0v) is 26.0. The van der Waals surface area contributed by atoms with E-state index in [0.717, 1.165) is 38.2 Å². The van der Waals surface area contributed by atoms with E-state index in [9.17, 15) is 9.90 Å². The number of halogens is 1. The van der Waals surface area contributed by atoms with Gasteiger partial charge in [-0.2, -0.15) is 9.67 Å². The Morgan fingerprint density at radius 2 is 1.62 bits per heavy atom. The average molecular weight is 622 g/mol. The highest BCUT2D eigenvalue weighted by Gasteiger charge is 2.27. The van der Waals surface area contributed by atoms with Crippen molar-refractivity contribution in [1.82, 2.24) is 15.6 Å². The maximum absolute atomic E-state index is 12.7. The number of hydrogen-bond acceptors (Lipinski definition) is 5. The number of phenols is 1. The van der Waals surface area contributed by atoms with Crippen LogP contribution in [0.3, 0.4) is 0 Å². The van der Waals surface area contributed by atoms with Gasteiger partial charge in [0.25, 0.3) is 11.7 Å². The number of carbonyl (C=O) groups excluding carboxylic acids is 1. The summed E-state index contributed by atoms with van der Waals surface area (Å²) in [7, 11) is 0. The van der Waals surface area contributed by atoms with Crippen LogP contribution in [0, 0.1) is 0 Å². The maximum Gasteiger partial charge on any atom is 0.342 e. The number of carbonyl (C=O) groups is 1. The molecule has 1 aromatic heterocycles. The Balaban J connectivity index is 1.51. The number of nitrogens with zero attached hydrogens (tertiary/aromatic N) is 3. The van der Waals surface area contributed by atoms with Gasteiger partial charge in [-0.25, -0.2) is 5.43 Å². The molecule has 3 aromatic carbocycles. The van der Waals surface area contributed by atoms with Crippen molar-refractivity contribution in [2.75, 3.05) is 5.75 Å².